The van der Waals surface area contributed by atoms with Crippen molar-refractivity contribution in [3.05, 3.63) is 0 Å². The second-order valence-electron chi connectivity index (χ2n) is 2.10. The summed E-state index contributed by atoms with van der Waals surface area (Å²) in [7, 11) is 1.59. The minimum atomic E-state index is -0.469. The summed E-state index contributed by atoms with van der Waals surface area (Å²) in [6, 6.07) is 0. The molecule has 0 aliphatic rings. The van der Waals surface area contributed by atoms with Gasteiger partial charge in [0.25, 0.3) is 0 Å². The second kappa shape index (κ2) is 14.4. The van der Waals surface area contributed by atoms with Crippen LogP contribution < -0.4 is 11.5 Å². The Morgan fingerprint density at radius 3 is 1.29 bits per heavy atom. The number of likely N-dealkylation sites (N-methyl/N-ethyl adjacent to an activating group) is 1. The van der Waals surface area contributed by atoms with Gasteiger partial charge in [-0.1, -0.05) is 27.7 Å². The van der Waals surface area contributed by atoms with Crippen molar-refractivity contribution in [2.24, 2.45) is 11.5 Å². The lowest BCUT2D eigenvalue weighted by Crippen LogP contribution is -2.36. The van der Waals surface area contributed by atoms with E-state index < -0.39 is 11.8 Å². The van der Waals surface area contributed by atoms with Crippen molar-refractivity contribution >= 4 is 11.8 Å². The van der Waals surface area contributed by atoms with E-state index >= 15 is 0 Å². The van der Waals surface area contributed by atoms with Gasteiger partial charge in [0.15, 0.2) is 0 Å². The molecule has 0 bridgehead atoms. The van der Waals surface area contributed by atoms with Crippen molar-refractivity contribution in [1.29, 1.82) is 0 Å². The zero-order valence-electron chi connectivity index (χ0n) is 9.83. The first-order valence-electron chi connectivity index (χ1n) is 4.77. The predicted molar refractivity (Wildman–Crippen MR) is 58.6 cm³/mol. The van der Waals surface area contributed by atoms with Crippen LogP contribution in [0.1, 0.15) is 27.7 Å². The fourth-order valence-corrected chi connectivity index (χ4v) is 0.588. The number of nitrogens with two attached hydrogens (primary N) is 2. The van der Waals surface area contributed by atoms with Crippen molar-refractivity contribution in [2.75, 3.05) is 20.1 Å². The fraction of sp³-hybridized carbons (Fsp3) is 0.778. The highest BCUT2D eigenvalue weighted by molar-refractivity contribution is 5.79. The molecular formula is C9H23N3O2. The van der Waals surface area contributed by atoms with E-state index in [1.54, 1.807) is 7.05 Å². The first-order chi connectivity index (χ1) is 6.52. The largest absolute Gasteiger partial charge is 0.369 e. The van der Waals surface area contributed by atoms with Gasteiger partial charge >= 0.3 is 0 Å². The lowest BCUT2D eigenvalue weighted by Gasteiger charge is -2.10. The molecule has 0 spiro atoms. The molecule has 0 unspecified atom stereocenters. The van der Waals surface area contributed by atoms with E-state index in [4.69, 9.17) is 11.5 Å². The van der Waals surface area contributed by atoms with E-state index in [-0.39, 0.29) is 13.1 Å². The highest BCUT2D eigenvalue weighted by atomic mass is 16.2. The van der Waals surface area contributed by atoms with E-state index in [9.17, 15) is 9.59 Å². The molecule has 0 saturated carbocycles. The molecule has 0 aliphatic heterocycles. The average Bonchev–Trinajstić information content (AvgIpc) is 2.08. The molecule has 0 radical (unpaired) electrons. The Bertz CT molecular complexity index is 133. The molecule has 0 aliphatic carbocycles. The van der Waals surface area contributed by atoms with Gasteiger partial charge in [0.1, 0.15) is 0 Å². The van der Waals surface area contributed by atoms with E-state index in [1.807, 2.05) is 27.7 Å². The third-order valence-corrected chi connectivity index (χ3v) is 0.852. The summed E-state index contributed by atoms with van der Waals surface area (Å²) in [5.41, 5.74) is 9.67. The van der Waals surface area contributed by atoms with Gasteiger partial charge in [-0.3, -0.25) is 14.5 Å². The summed E-state index contributed by atoms with van der Waals surface area (Å²) in [6.07, 6.45) is 0. The molecule has 5 nitrogen and oxygen atoms in total. The molecule has 2 amide bonds. The monoisotopic (exact) mass is 205 g/mol. The first kappa shape index (κ1) is 18.6. The summed E-state index contributed by atoms with van der Waals surface area (Å²) < 4.78 is 0. The highest BCUT2D eigenvalue weighted by Gasteiger charge is 2.03. The molecule has 0 heterocycles. The summed E-state index contributed by atoms with van der Waals surface area (Å²) in [5, 5.41) is 0. The second-order valence-corrected chi connectivity index (χ2v) is 2.10. The van der Waals surface area contributed by atoms with Crippen molar-refractivity contribution in [3.63, 3.8) is 0 Å². The third-order valence-electron chi connectivity index (χ3n) is 0.852. The minimum Gasteiger partial charge on any atom is -0.369 e. The quantitative estimate of drug-likeness (QED) is 0.674. The Hall–Kier alpha value is -1.10. The molecule has 14 heavy (non-hydrogen) atoms. The van der Waals surface area contributed by atoms with Crippen LogP contribution in [-0.2, 0) is 9.59 Å². The molecule has 0 fully saturated rings. The maximum absolute atomic E-state index is 10.2. The number of amides is 2. The topological polar surface area (TPSA) is 89.4 Å². The number of carbonyl (C=O) groups is 2. The van der Waals surface area contributed by atoms with Crippen molar-refractivity contribution in [3.8, 4) is 0 Å². The van der Waals surface area contributed by atoms with Crippen LogP contribution in [0.4, 0.5) is 0 Å². The van der Waals surface area contributed by atoms with Gasteiger partial charge in [-0.25, -0.2) is 0 Å². The predicted octanol–water partition coefficient (Wildman–Crippen LogP) is -0.0588. The Morgan fingerprint density at radius 2 is 1.14 bits per heavy atom. The Balaban J connectivity index is -0.000000266. The molecule has 5 heteroatoms. The van der Waals surface area contributed by atoms with E-state index in [0.29, 0.717) is 0 Å². The molecule has 4 N–H and O–H groups in total. The number of nitrogens with zero attached hydrogens (tertiary/aromatic N) is 1. The molecule has 0 aromatic rings. The molecule has 0 rings (SSSR count). The fourth-order valence-electron chi connectivity index (χ4n) is 0.588. The average molecular weight is 205 g/mol. The normalized spacial score (nSPS) is 7.86. The van der Waals surface area contributed by atoms with Crippen LogP contribution in [0.25, 0.3) is 0 Å². The zero-order chi connectivity index (χ0) is 12.1. The Kier molecular flexibility index (Phi) is 19.2. The number of hydrogen-bond acceptors (Lipinski definition) is 3. The van der Waals surface area contributed by atoms with Crippen molar-refractivity contribution < 1.29 is 9.59 Å². The first-order valence-corrected chi connectivity index (χ1v) is 4.77. The van der Waals surface area contributed by atoms with Gasteiger partial charge in [-0.2, -0.15) is 0 Å². The number of primary amides is 2. The van der Waals surface area contributed by atoms with Gasteiger partial charge in [0.2, 0.25) is 11.8 Å². The number of carbonyl (C=O) groups excluding carboxylic acids is 2. The molecule has 0 atom stereocenters. The summed E-state index contributed by atoms with van der Waals surface area (Å²) in [4.78, 5) is 21.9. The van der Waals surface area contributed by atoms with Gasteiger partial charge < -0.3 is 11.5 Å². The van der Waals surface area contributed by atoms with Crippen LogP contribution in [0, 0.1) is 0 Å². The maximum Gasteiger partial charge on any atom is 0.231 e. The van der Waals surface area contributed by atoms with Crippen molar-refractivity contribution in [2.45, 2.75) is 27.7 Å². The lowest BCUT2D eigenvalue weighted by molar-refractivity contribution is -0.121. The van der Waals surface area contributed by atoms with Crippen LogP contribution in [0.2, 0.25) is 0 Å². The van der Waals surface area contributed by atoms with Crippen molar-refractivity contribution in [1.82, 2.24) is 4.90 Å². The molecule has 0 aromatic carbocycles. The molecule has 0 saturated heterocycles. The van der Waals surface area contributed by atoms with Gasteiger partial charge in [-0.05, 0) is 7.05 Å². The van der Waals surface area contributed by atoms with Gasteiger partial charge in [0, 0.05) is 0 Å². The molecule has 0 aromatic heterocycles. The molecular weight excluding hydrogens is 182 g/mol. The summed E-state index contributed by atoms with van der Waals surface area (Å²) in [6.45, 7) is 8.12. The van der Waals surface area contributed by atoms with Crippen LogP contribution in [0.3, 0.4) is 0 Å². The minimum absolute atomic E-state index is 0.0585. The van der Waals surface area contributed by atoms with Gasteiger partial charge in [-0.15, -0.1) is 0 Å². The van der Waals surface area contributed by atoms with Crippen LogP contribution >= 0.6 is 0 Å². The van der Waals surface area contributed by atoms with E-state index in [1.165, 1.54) is 4.90 Å². The summed E-state index contributed by atoms with van der Waals surface area (Å²) in [5.74, 6) is -0.937. The smallest absolute Gasteiger partial charge is 0.231 e. The summed E-state index contributed by atoms with van der Waals surface area (Å²) >= 11 is 0. The highest BCUT2D eigenvalue weighted by Crippen LogP contribution is 1.77. The lowest BCUT2D eigenvalue weighted by atomic mass is 10.5. The van der Waals surface area contributed by atoms with Crippen LogP contribution in [-0.4, -0.2) is 36.9 Å². The third kappa shape index (κ3) is 22.4. The van der Waals surface area contributed by atoms with Gasteiger partial charge in [0.05, 0.1) is 13.1 Å². The standard InChI is InChI=1S/C5H11N3O2.2C2H6/c1-8(2-4(6)9)3-5(7)10;2*1-2/h2-3H2,1H3,(H2,6,9)(H2,7,10);2*1-2H3. The van der Waals surface area contributed by atoms with E-state index in [0.717, 1.165) is 0 Å². The van der Waals surface area contributed by atoms with Crippen LogP contribution in [0.15, 0.2) is 0 Å². The molecule has 86 valence electrons. The van der Waals surface area contributed by atoms with E-state index in [2.05, 4.69) is 0 Å². The Morgan fingerprint density at radius 1 is 0.929 bits per heavy atom. The zero-order valence-corrected chi connectivity index (χ0v) is 9.83. The number of hydrogen-bond donors (Lipinski definition) is 2. The number of rotatable bonds is 4. The Labute approximate surface area is 86.4 Å². The maximum atomic E-state index is 10.2. The SMILES string of the molecule is CC.CC.CN(CC(N)=O)CC(N)=O. The van der Waals surface area contributed by atoms with Crippen LogP contribution in [0.5, 0.6) is 0 Å².